The maximum absolute atomic E-state index is 6.17. The van der Waals surface area contributed by atoms with E-state index in [2.05, 4.69) is 48.7 Å². The minimum Gasteiger partial charge on any atom is -0.487 e. The molecule has 134 valence electrons. The predicted molar refractivity (Wildman–Crippen MR) is 96.6 cm³/mol. The highest BCUT2D eigenvalue weighted by molar-refractivity contribution is 5.45. The van der Waals surface area contributed by atoms with Crippen molar-refractivity contribution in [2.45, 2.75) is 44.9 Å². The highest BCUT2D eigenvalue weighted by atomic mass is 16.5. The topological polar surface area (TPSA) is 48.3 Å². The molecule has 2 atom stereocenters. The Balaban J connectivity index is 1.38. The van der Waals surface area contributed by atoms with Crippen LogP contribution in [0.15, 0.2) is 30.6 Å². The van der Waals surface area contributed by atoms with Crippen molar-refractivity contribution in [2.75, 3.05) is 13.2 Å². The van der Waals surface area contributed by atoms with Crippen molar-refractivity contribution in [3.63, 3.8) is 0 Å². The van der Waals surface area contributed by atoms with Gasteiger partial charge in [-0.2, -0.15) is 5.10 Å². The summed E-state index contributed by atoms with van der Waals surface area (Å²) >= 11 is 0. The average Bonchev–Trinajstić information content (AvgIpc) is 3.24. The lowest BCUT2D eigenvalue weighted by Gasteiger charge is -2.20. The SMILES string of the molecule is Cn1cc([C@H]2OCC[C@H]2CNCc2cccc3c2OC(C)(C)C3)cn1. The van der Waals surface area contributed by atoms with E-state index in [-0.39, 0.29) is 11.7 Å². The zero-order valence-corrected chi connectivity index (χ0v) is 15.3. The first-order valence-corrected chi connectivity index (χ1v) is 9.12. The van der Waals surface area contributed by atoms with Gasteiger partial charge in [-0.1, -0.05) is 18.2 Å². The van der Waals surface area contributed by atoms with Crippen LogP contribution in [0, 0.1) is 5.92 Å². The third-order valence-corrected chi connectivity index (χ3v) is 5.16. The Labute approximate surface area is 149 Å². The molecule has 0 unspecified atom stereocenters. The second-order valence-corrected chi connectivity index (χ2v) is 7.86. The second kappa shape index (κ2) is 6.46. The van der Waals surface area contributed by atoms with Crippen molar-refractivity contribution in [3.05, 3.63) is 47.3 Å². The normalized spacial score (nSPS) is 24.3. The van der Waals surface area contributed by atoms with Gasteiger partial charge in [0, 0.05) is 56.4 Å². The van der Waals surface area contributed by atoms with Gasteiger partial charge in [-0.05, 0) is 25.8 Å². The van der Waals surface area contributed by atoms with Gasteiger partial charge in [0.2, 0.25) is 0 Å². The molecule has 3 heterocycles. The van der Waals surface area contributed by atoms with E-state index in [1.807, 2.05) is 17.9 Å². The predicted octanol–water partition coefficient (Wildman–Crippen LogP) is 3.00. The van der Waals surface area contributed by atoms with E-state index in [1.165, 1.54) is 16.7 Å². The number of hydrogen-bond acceptors (Lipinski definition) is 4. The van der Waals surface area contributed by atoms with E-state index < -0.39 is 0 Å². The Morgan fingerprint density at radius 1 is 1.36 bits per heavy atom. The Kier molecular flexibility index (Phi) is 4.29. The summed E-state index contributed by atoms with van der Waals surface area (Å²) in [5.74, 6) is 1.56. The summed E-state index contributed by atoms with van der Waals surface area (Å²) in [6.45, 7) is 6.89. The molecule has 0 saturated carbocycles. The average molecular weight is 341 g/mol. The molecule has 1 saturated heterocycles. The third kappa shape index (κ3) is 3.44. The van der Waals surface area contributed by atoms with E-state index in [0.717, 1.165) is 38.3 Å². The number of hydrogen-bond donors (Lipinski definition) is 1. The summed E-state index contributed by atoms with van der Waals surface area (Å²) in [4.78, 5) is 0. The number of aromatic nitrogens is 2. The van der Waals surface area contributed by atoms with Crippen LogP contribution in [0.25, 0.3) is 0 Å². The minimum absolute atomic E-state index is 0.0941. The van der Waals surface area contributed by atoms with Gasteiger partial charge in [0.1, 0.15) is 11.4 Å². The third-order valence-electron chi connectivity index (χ3n) is 5.16. The number of ether oxygens (including phenoxy) is 2. The zero-order chi connectivity index (χ0) is 17.4. The van der Waals surface area contributed by atoms with Crippen LogP contribution in [0.5, 0.6) is 5.75 Å². The molecule has 0 spiro atoms. The molecule has 5 heteroatoms. The summed E-state index contributed by atoms with van der Waals surface area (Å²) in [5.41, 5.74) is 3.66. The first kappa shape index (κ1) is 16.6. The summed E-state index contributed by atoms with van der Waals surface area (Å²) < 4.78 is 14.0. The lowest BCUT2D eigenvalue weighted by atomic mass is 9.97. The summed E-state index contributed by atoms with van der Waals surface area (Å²) in [6, 6.07) is 6.48. The Morgan fingerprint density at radius 3 is 3.04 bits per heavy atom. The van der Waals surface area contributed by atoms with Gasteiger partial charge in [0.15, 0.2) is 0 Å². The molecule has 0 amide bonds. The van der Waals surface area contributed by atoms with Crippen molar-refractivity contribution in [2.24, 2.45) is 13.0 Å². The van der Waals surface area contributed by atoms with Crippen LogP contribution in [0.3, 0.4) is 0 Å². The molecule has 0 aliphatic carbocycles. The first-order valence-electron chi connectivity index (χ1n) is 9.12. The number of rotatable bonds is 5. The Morgan fingerprint density at radius 2 is 2.24 bits per heavy atom. The second-order valence-electron chi connectivity index (χ2n) is 7.86. The number of benzene rings is 1. The van der Waals surface area contributed by atoms with Gasteiger partial charge in [-0.3, -0.25) is 4.68 Å². The maximum Gasteiger partial charge on any atom is 0.127 e. The molecule has 0 bridgehead atoms. The number of nitrogens with zero attached hydrogens (tertiary/aromatic N) is 2. The van der Waals surface area contributed by atoms with Gasteiger partial charge < -0.3 is 14.8 Å². The number of nitrogens with one attached hydrogen (secondary N) is 1. The summed E-state index contributed by atoms with van der Waals surface area (Å²) in [7, 11) is 1.95. The summed E-state index contributed by atoms with van der Waals surface area (Å²) in [5, 5.41) is 7.90. The van der Waals surface area contributed by atoms with Crippen molar-refractivity contribution < 1.29 is 9.47 Å². The van der Waals surface area contributed by atoms with Crippen LogP contribution in [0.2, 0.25) is 0 Å². The molecular weight excluding hydrogens is 314 g/mol. The van der Waals surface area contributed by atoms with E-state index in [4.69, 9.17) is 9.47 Å². The van der Waals surface area contributed by atoms with Crippen LogP contribution in [-0.2, 0) is 24.8 Å². The lowest BCUT2D eigenvalue weighted by molar-refractivity contribution is 0.0903. The van der Waals surface area contributed by atoms with Gasteiger partial charge in [0.05, 0.1) is 12.3 Å². The number of fused-ring (bicyclic) bond motifs is 1. The quantitative estimate of drug-likeness (QED) is 0.908. The molecule has 1 aromatic heterocycles. The molecule has 0 radical (unpaired) electrons. The Bertz CT molecular complexity index is 753. The lowest BCUT2D eigenvalue weighted by Crippen LogP contribution is -2.26. The van der Waals surface area contributed by atoms with Crippen molar-refractivity contribution >= 4 is 0 Å². The van der Waals surface area contributed by atoms with Gasteiger partial charge in [-0.25, -0.2) is 0 Å². The van der Waals surface area contributed by atoms with Crippen molar-refractivity contribution in [1.29, 1.82) is 0 Å². The van der Waals surface area contributed by atoms with Crippen molar-refractivity contribution in [1.82, 2.24) is 15.1 Å². The van der Waals surface area contributed by atoms with Gasteiger partial charge in [-0.15, -0.1) is 0 Å². The van der Waals surface area contributed by atoms with Crippen LogP contribution < -0.4 is 10.1 Å². The fourth-order valence-corrected chi connectivity index (χ4v) is 4.01. The van der Waals surface area contributed by atoms with E-state index in [1.54, 1.807) is 0 Å². The van der Waals surface area contributed by atoms with E-state index >= 15 is 0 Å². The fourth-order valence-electron chi connectivity index (χ4n) is 4.01. The monoisotopic (exact) mass is 341 g/mol. The van der Waals surface area contributed by atoms with Crippen LogP contribution in [-0.4, -0.2) is 28.5 Å². The highest BCUT2D eigenvalue weighted by Gasteiger charge is 2.32. The molecular formula is C20H27N3O2. The molecule has 25 heavy (non-hydrogen) atoms. The number of aryl methyl sites for hydroxylation is 1. The largest absolute Gasteiger partial charge is 0.487 e. The van der Waals surface area contributed by atoms with Crippen LogP contribution >= 0.6 is 0 Å². The molecule has 2 aromatic rings. The fraction of sp³-hybridized carbons (Fsp3) is 0.550. The van der Waals surface area contributed by atoms with Gasteiger partial charge >= 0.3 is 0 Å². The minimum atomic E-state index is -0.0941. The molecule has 1 N–H and O–H groups in total. The molecule has 2 aliphatic heterocycles. The molecule has 5 nitrogen and oxygen atoms in total. The summed E-state index contributed by atoms with van der Waals surface area (Å²) in [6.07, 6.45) is 6.20. The highest BCUT2D eigenvalue weighted by Crippen LogP contribution is 2.38. The molecule has 2 aliphatic rings. The molecule has 1 fully saturated rings. The first-order chi connectivity index (χ1) is 12.0. The smallest absolute Gasteiger partial charge is 0.127 e. The molecule has 1 aromatic carbocycles. The zero-order valence-electron chi connectivity index (χ0n) is 15.3. The van der Waals surface area contributed by atoms with Crippen molar-refractivity contribution in [3.8, 4) is 5.75 Å². The number of para-hydroxylation sites is 1. The van der Waals surface area contributed by atoms with Crippen LogP contribution in [0.1, 0.15) is 43.1 Å². The van der Waals surface area contributed by atoms with E-state index in [0.29, 0.717) is 5.92 Å². The standard InChI is InChI=1S/C20H27N3O2/c1-20(2)9-14-5-4-6-15(19(14)25-20)10-21-11-16-7-8-24-18(16)17-12-22-23(3)13-17/h4-6,12-13,16,18,21H,7-11H2,1-3H3/t16-,18-/m0/s1. The molecule has 4 rings (SSSR count). The van der Waals surface area contributed by atoms with E-state index in [9.17, 15) is 0 Å². The Hall–Kier alpha value is -1.85. The maximum atomic E-state index is 6.17. The van der Waals surface area contributed by atoms with Gasteiger partial charge in [0.25, 0.3) is 0 Å². The van der Waals surface area contributed by atoms with Crippen LogP contribution in [0.4, 0.5) is 0 Å².